The lowest BCUT2D eigenvalue weighted by Gasteiger charge is -2.01. The molecule has 0 amide bonds. The standard InChI is InChI=1S/C15H14N6/c1-20-16-12-5-3-10(8-14(12)18-20)7-11-4-6-13-15(9-11)19-21(2)17-13/h3-6,8-9H,7H2,1-2H3. The Bertz CT molecular complexity index is 871. The minimum atomic E-state index is 0.846. The molecule has 0 aliphatic rings. The third-order valence-corrected chi connectivity index (χ3v) is 3.50. The van der Waals surface area contributed by atoms with Crippen molar-refractivity contribution in [1.29, 1.82) is 0 Å². The van der Waals surface area contributed by atoms with Gasteiger partial charge in [-0.15, -0.1) is 0 Å². The Morgan fingerprint density at radius 2 is 1.10 bits per heavy atom. The number of hydrogen-bond donors (Lipinski definition) is 0. The van der Waals surface area contributed by atoms with Crippen molar-refractivity contribution in [2.45, 2.75) is 6.42 Å². The molecule has 0 saturated carbocycles. The molecule has 0 saturated heterocycles. The molecule has 0 radical (unpaired) electrons. The van der Waals surface area contributed by atoms with Crippen molar-refractivity contribution in [3.05, 3.63) is 47.5 Å². The van der Waals surface area contributed by atoms with Crippen molar-refractivity contribution < 1.29 is 0 Å². The van der Waals surface area contributed by atoms with Gasteiger partial charge in [0.15, 0.2) is 0 Å². The summed E-state index contributed by atoms with van der Waals surface area (Å²) in [7, 11) is 3.67. The van der Waals surface area contributed by atoms with Gasteiger partial charge in [-0.3, -0.25) is 0 Å². The Balaban J connectivity index is 1.70. The number of aromatic nitrogens is 6. The zero-order valence-corrected chi connectivity index (χ0v) is 11.9. The maximum Gasteiger partial charge on any atom is 0.113 e. The minimum absolute atomic E-state index is 0.846. The molecular formula is C15H14N6. The lowest BCUT2D eigenvalue weighted by atomic mass is 10.0. The van der Waals surface area contributed by atoms with Gasteiger partial charge in [0.05, 0.1) is 0 Å². The first-order valence-electron chi connectivity index (χ1n) is 6.77. The van der Waals surface area contributed by atoms with E-state index in [1.807, 2.05) is 26.2 Å². The second-order valence-electron chi connectivity index (χ2n) is 5.20. The van der Waals surface area contributed by atoms with E-state index in [0.717, 1.165) is 28.5 Å². The maximum atomic E-state index is 4.35. The van der Waals surface area contributed by atoms with Gasteiger partial charge in [0.2, 0.25) is 0 Å². The molecule has 0 unspecified atom stereocenters. The zero-order valence-electron chi connectivity index (χ0n) is 11.9. The highest BCUT2D eigenvalue weighted by atomic mass is 15.5. The number of rotatable bonds is 2. The fraction of sp³-hybridized carbons (Fsp3) is 0.200. The summed E-state index contributed by atoms with van der Waals surface area (Å²) in [6.45, 7) is 0. The van der Waals surface area contributed by atoms with Gasteiger partial charge >= 0.3 is 0 Å². The largest absolute Gasteiger partial charge is 0.187 e. The molecule has 21 heavy (non-hydrogen) atoms. The van der Waals surface area contributed by atoms with E-state index in [9.17, 15) is 0 Å². The Hall–Kier alpha value is -2.76. The normalized spacial score (nSPS) is 11.5. The van der Waals surface area contributed by atoms with Gasteiger partial charge in [-0.1, -0.05) is 12.1 Å². The van der Waals surface area contributed by atoms with Gasteiger partial charge in [0, 0.05) is 14.1 Å². The molecule has 2 aromatic heterocycles. The lowest BCUT2D eigenvalue weighted by Crippen LogP contribution is -1.90. The smallest absolute Gasteiger partial charge is 0.113 e. The van der Waals surface area contributed by atoms with E-state index in [4.69, 9.17) is 0 Å². The molecule has 6 nitrogen and oxygen atoms in total. The van der Waals surface area contributed by atoms with Crippen LogP contribution in [0.5, 0.6) is 0 Å². The highest BCUT2D eigenvalue weighted by Gasteiger charge is 2.05. The molecular weight excluding hydrogens is 264 g/mol. The first-order valence-corrected chi connectivity index (χ1v) is 6.77. The van der Waals surface area contributed by atoms with Crippen LogP contribution in [0.15, 0.2) is 36.4 Å². The van der Waals surface area contributed by atoms with Crippen LogP contribution in [-0.2, 0) is 20.5 Å². The molecule has 0 fully saturated rings. The Kier molecular flexibility index (Phi) is 2.50. The molecule has 6 heteroatoms. The van der Waals surface area contributed by atoms with Crippen molar-refractivity contribution in [1.82, 2.24) is 30.0 Å². The SMILES string of the molecule is Cn1nc2ccc(Cc3ccc4nn(C)nc4c3)cc2n1. The molecule has 2 aromatic carbocycles. The average Bonchev–Trinajstić information content (AvgIpc) is 2.98. The molecule has 0 bridgehead atoms. The highest BCUT2D eigenvalue weighted by molar-refractivity contribution is 5.76. The van der Waals surface area contributed by atoms with Crippen molar-refractivity contribution >= 4 is 22.1 Å². The molecule has 0 N–H and O–H groups in total. The van der Waals surface area contributed by atoms with Crippen molar-refractivity contribution in [3.8, 4) is 0 Å². The van der Waals surface area contributed by atoms with Crippen LogP contribution in [-0.4, -0.2) is 30.0 Å². The molecule has 4 rings (SSSR count). The van der Waals surface area contributed by atoms with Crippen LogP contribution < -0.4 is 0 Å². The lowest BCUT2D eigenvalue weighted by molar-refractivity contribution is 0.665. The summed E-state index contributed by atoms with van der Waals surface area (Å²) < 4.78 is 0. The van der Waals surface area contributed by atoms with Crippen molar-refractivity contribution in [2.24, 2.45) is 14.1 Å². The Morgan fingerprint density at radius 3 is 1.57 bits per heavy atom. The zero-order chi connectivity index (χ0) is 14.4. The molecule has 0 spiro atoms. The molecule has 4 aromatic rings. The van der Waals surface area contributed by atoms with E-state index in [2.05, 4.69) is 44.7 Å². The van der Waals surface area contributed by atoms with Crippen molar-refractivity contribution in [2.75, 3.05) is 0 Å². The quantitative estimate of drug-likeness (QED) is 0.561. The van der Waals surface area contributed by atoms with Crippen LogP contribution in [0.25, 0.3) is 22.1 Å². The van der Waals surface area contributed by atoms with Gasteiger partial charge in [0.1, 0.15) is 22.1 Å². The van der Waals surface area contributed by atoms with E-state index in [-0.39, 0.29) is 0 Å². The predicted molar refractivity (Wildman–Crippen MR) is 79.8 cm³/mol. The summed E-state index contributed by atoms with van der Waals surface area (Å²) in [5.74, 6) is 0. The summed E-state index contributed by atoms with van der Waals surface area (Å²) in [4.78, 5) is 3.19. The summed E-state index contributed by atoms with van der Waals surface area (Å²) in [5.41, 5.74) is 6.12. The molecule has 2 heterocycles. The third-order valence-electron chi connectivity index (χ3n) is 3.50. The third kappa shape index (κ3) is 2.14. The van der Waals surface area contributed by atoms with E-state index in [1.165, 1.54) is 11.1 Å². The second kappa shape index (κ2) is 4.37. The van der Waals surface area contributed by atoms with Crippen LogP contribution in [0, 0.1) is 0 Å². The van der Waals surface area contributed by atoms with E-state index >= 15 is 0 Å². The average molecular weight is 278 g/mol. The fourth-order valence-electron chi connectivity index (χ4n) is 2.59. The second-order valence-corrected chi connectivity index (χ2v) is 5.20. The summed E-state index contributed by atoms with van der Waals surface area (Å²) in [6, 6.07) is 12.4. The topological polar surface area (TPSA) is 61.4 Å². The van der Waals surface area contributed by atoms with Crippen LogP contribution >= 0.6 is 0 Å². The summed E-state index contributed by atoms with van der Waals surface area (Å²) in [5, 5.41) is 17.3. The van der Waals surface area contributed by atoms with Gasteiger partial charge in [0.25, 0.3) is 0 Å². The van der Waals surface area contributed by atoms with Gasteiger partial charge in [-0.05, 0) is 41.8 Å². The Labute approximate surface area is 121 Å². The first kappa shape index (κ1) is 12.0. The fourth-order valence-corrected chi connectivity index (χ4v) is 2.59. The van der Waals surface area contributed by atoms with Crippen LogP contribution in [0.3, 0.4) is 0 Å². The van der Waals surface area contributed by atoms with E-state index in [1.54, 1.807) is 9.59 Å². The molecule has 104 valence electrons. The van der Waals surface area contributed by atoms with E-state index < -0.39 is 0 Å². The van der Waals surface area contributed by atoms with Crippen LogP contribution in [0.1, 0.15) is 11.1 Å². The Morgan fingerprint density at radius 1 is 0.667 bits per heavy atom. The molecule has 0 aliphatic carbocycles. The minimum Gasteiger partial charge on any atom is -0.187 e. The monoisotopic (exact) mass is 278 g/mol. The van der Waals surface area contributed by atoms with Gasteiger partial charge in [-0.25, -0.2) is 0 Å². The number of aryl methyl sites for hydroxylation is 2. The molecule has 0 atom stereocenters. The maximum absolute atomic E-state index is 4.35. The van der Waals surface area contributed by atoms with Crippen LogP contribution in [0.2, 0.25) is 0 Å². The summed E-state index contributed by atoms with van der Waals surface area (Å²) >= 11 is 0. The van der Waals surface area contributed by atoms with E-state index in [0.29, 0.717) is 0 Å². The number of fused-ring (bicyclic) bond motifs is 2. The van der Waals surface area contributed by atoms with Gasteiger partial charge < -0.3 is 0 Å². The number of hydrogen-bond acceptors (Lipinski definition) is 4. The molecule has 0 aliphatic heterocycles. The highest BCUT2D eigenvalue weighted by Crippen LogP contribution is 2.17. The van der Waals surface area contributed by atoms with Crippen molar-refractivity contribution in [3.63, 3.8) is 0 Å². The summed E-state index contributed by atoms with van der Waals surface area (Å²) in [6.07, 6.45) is 0.846. The van der Waals surface area contributed by atoms with Gasteiger partial charge in [-0.2, -0.15) is 30.0 Å². The van der Waals surface area contributed by atoms with Crippen LogP contribution in [0.4, 0.5) is 0 Å². The number of benzene rings is 2. The predicted octanol–water partition coefficient (Wildman–Crippen LogP) is 1.84. The number of nitrogens with zero attached hydrogens (tertiary/aromatic N) is 6. The first-order chi connectivity index (χ1) is 10.2.